The third kappa shape index (κ3) is 8.02. The molecular weight excluding hydrogens is 433 g/mol. The maximum Gasteiger partial charge on any atom is 0.220 e. The van der Waals surface area contributed by atoms with Gasteiger partial charge in [0.25, 0.3) is 0 Å². The molecular formula is C16H30IN7O. The van der Waals surface area contributed by atoms with E-state index in [2.05, 4.69) is 31.0 Å². The van der Waals surface area contributed by atoms with E-state index in [-0.39, 0.29) is 29.9 Å². The second-order valence-corrected chi connectivity index (χ2v) is 6.21. The Morgan fingerprint density at radius 1 is 1.24 bits per heavy atom. The van der Waals surface area contributed by atoms with E-state index in [1.807, 2.05) is 7.05 Å². The average Bonchev–Trinajstić information content (AvgIpc) is 3.00. The molecule has 1 saturated carbocycles. The van der Waals surface area contributed by atoms with E-state index in [1.54, 1.807) is 11.7 Å². The predicted molar refractivity (Wildman–Crippen MR) is 109 cm³/mol. The highest BCUT2D eigenvalue weighted by Gasteiger charge is 2.16. The van der Waals surface area contributed by atoms with Crippen molar-refractivity contribution in [3.8, 4) is 0 Å². The summed E-state index contributed by atoms with van der Waals surface area (Å²) in [6.07, 6.45) is 8.45. The number of nitrogens with one attached hydrogen (secondary N) is 3. The number of aromatic nitrogens is 3. The fraction of sp³-hybridized carbons (Fsp3) is 0.750. The summed E-state index contributed by atoms with van der Waals surface area (Å²) in [6.45, 7) is 1.77. The lowest BCUT2D eigenvalue weighted by Crippen LogP contribution is -2.41. The van der Waals surface area contributed by atoms with E-state index in [1.165, 1.54) is 38.4 Å². The maximum atomic E-state index is 11.9. The van der Waals surface area contributed by atoms with Gasteiger partial charge in [-0.05, 0) is 18.8 Å². The number of nitrogens with zero attached hydrogens (tertiary/aromatic N) is 4. The Morgan fingerprint density at radius 3 is 2.60 bits per heavy atom. The molecule has 0 spiro atoms. The third-order valence-corrected chi connectivity index (χ3v) is 4.38. The lowest BCUT2D eigenvalue weighted by molar-refractivity contribution is -0.122. The number of aliphatic imine (C=N–C) groups is 1. The first-order valence-corrected chi connectivity index (χ1v) is 8.73. The van der Waals surface area contributed by atoms with Crippen LogP contribution in [0.15, 0.2) is 11.3 Å². The van der Waals surface area contributed by atoms with Crippen LogP contribution in [0.1, 0.15) is 44.3 Å². The van der Waals surface area contributed by atoms with E-state index in [9.17, 15) is 4.79 Å². The van der Waals surface area contributed by atoms with Crippen LogP contribution in [0.2, 0.25) is 0 Å². The van der Waals surface area contributed by atoms with Crippen LogP contribution in [0.5, 0.6) is 0 Å². The van der Waals surface area contributed by atoms with Gasteiger partial charge in [-0.15, -0.1) is 24.0 Å². The lowest BCUT2D eigenvalue weighted by Gasteiger charge is -2.20. The van der Waals surface area contributed by atoms with Crippen molar-refractivity contribution in [2.24, 2.45) is 18.0 Å². The van der Waals surface area contributed by atoms with Crippen molar-refractivity contribution in [3.05, 3.63) is 12.2 Å². The zero-order chi connectivity index (χ0) is 17.2. The maximum absolute atomic E-state index is 11.9. The second-order valence-electron chi connectivity index (χ2n) is 6.21. The smallest absolute Gasteiger partial charge is 0.220 e. The summed E-state index contributed by atoms with van der Waals surface area (Å²) in [5.74, 6) is 2.25. The first-order chi connectivity index (χ1) is 11.7. The van der Waals surface area contributed by atoms with Crippen molar-refractivity contribution in [2.45, 2.75) is 45.1 Å². The molecule has 0 unspecified atom stereocenters. The first kappa shape index (κ1) is 21.7. The molecule has 25 heavy (non-hydrogen) atoms. The van der Waals surface area contributed by atoms with Crippen LogP contribution in [0, 0.1) is 5.92 Å². The minimum atomic E-state index is 0. The van der Waals surface area contributed by atoms with Gasteiger partial charge in [0.1, 0.15) is 12.2 Å². The van der Waals surface area contributed by atoms with E-state index in [4.69, 9.17) is 0 Å². The predicted octanol–water partition coefficient (Wildman–Crippen LogP) is 1.18. The summed E-state index contributed by atoms with van der Waals surface area (Å²) in [5.41, 5.74) is 0. The van der Waals surface area contributed by atoms with Gasteiger partial charge in [-0.25, -0.2) is 4.98 Å². The molecule has 1 aliphatic rings. The zero-order valence-electron chi connectivity index (χ0n) is 15.1. The van der Waals surface area contributed by atoms with E-state index < -0.39 is 0 Å². The molecule has 0 aromatic carbocycles. The molecule has 0 saturated heterocycles. The first-order valence-electron chi connectivity index (χ1n) is 8.73. The molecule has 0 bridgehead atoms. The van der Waals surface area contributed by atoms with Gasteiger partial charge in [0.15, 0.2) is 5.96 Å². The second kappa shape index (κ2) is 12.0. The molecule has 1 heterocycles. The van der Waals surface area contributed by atoms with Crippen LogP contribution < -0.4 is 16.0 Å². The van der Waals surface area contributed by atoms with Crippen LogP contribution >= 0.6 is 24.0 Å². The molecule has 8 nitrogen and oxygen atoms in total. The molecule has 1 amide bonds. The molecule has 0 radical (unpaired) electrons. The van der Waals surface area contributed by atoms with Crippen LogP contribution in [0.3, 0.4) is 0 Å². The largest absolute Gasteiger partial charge is 0.355 e. The van der Waals surface area contributed by atoms with Gasteiger partial charge in [0.2, 0.25) is 5.91 Å². The van der Waals surface area contributed by atoms with Crippen LogP contribution in [0.25, 0.3) is 0 Å². The molecule has 1 fully saturated rings. The summed E-state index contributed by atoms with van der Waals surface area (Å²) < 4.78 is 1.71. The fourth-order valence-electron chi connectivity index (χ4n) is 2.97. The fourth-order valence-corrected chi connectivity index (χ4v) is 2.97. The Bertz CT molecular complexity index is 540. The number of hydrogen-bond donors (Lipinski definition) is 3. The van der Waals surface area contributed by atoms with Crippen molar-refractivity contribution < 1.29 is 4.79 Å². The van der Waals surface area contributed by atoms with Crippen molar-refractivity contribution in [1.29, 1.82) is 0 Å². The van der Waals surface area contributed by atoms with Gasteiger partial charge in [-0.2, -0.15) is 5.10 Å². The Kier molecular flexibility index (Phi) is 10.4. The molecule has 1 aromatic heterocycles. The van der Waals surface area contributed by atoms with Gasteiger partial charge in [-0.3, -0.25) is 14.5 Å². The quantitative estimate of drug-likeness (QED) is 0.244. The highest BCUT2D eigenvalue weighted by molar-refractivity contribution is 14.0. The Labute approximate surface area is 166 Å². The lowest BCUT2D eigenvalue weighted by atomic mass is 9.87. The van der Waals surface area contributed by atoms with Gasteiger partial charge < -0.3 is 16.0 Å². The molecule has 0 atom stereocenters. The highest BCUT2D eigenvalue weighted by atomic mass is 127. The van der Waals surface area contributed by atoms with Gasteiger partial charge in [-0.1, -0.05) is 19.3 Å². The highest BCUT2D eigenvalue weighted by Crippen LogP contribution is 2.25. The van der Waals surface area contributed by atoms with Crippen LogP contribution in [0.4, 0.5) is 0 Å². The molecule has 9 heteroatoms. The number of carbonyl (C=O) groups is 1. The molecule has 1 aliphatic carbocycles. The molecule has 1 aromatic rings. The SMILES string of the molecule is CN=C(NCCNC(=O)CC1CCCCC1)NCc1ncnn1C.I. The van der Waals surface area contributed by atoms with Crippen LogP contribution in [-0.4, -0.2) is 46.8 Å². The Hall–Kier alpha value is -1.39. The van der Waals surface area contributed by atoms with E-state index in [0.29, 0.717) is 37.9 Å². The van der Waals surface area contributed by atoms with Crippen molar-refractivity contribution in [3.63, 3.8) is 0 Å². The molecule has 2 rings (SSSR count). The van der Waals surface area contributed by atoms with Gasteiger partial charge >= 0.3 is 0 Å². The summed E-state index contributed by atoms with van der Waals surface area (Å²) in [5, 5.41) is 13.3. The van der Waals surface area contributed by atoms with Crippen molar-refractivity contribution in [1.82, 2.24) is 30.7 Å². The number of carbonyl (C=O) groups excluding carboxylic acids is 1. The van der Waals surface area contributed by atoms with Crippen molar-refractivity contribution in [2.75, 3.05) is 20.1 Å². The van der Waals surface area contributed by atoms with Crippen molar-refractivity contribution >= 4 is 35.8 Å². The normalized spacial score (nSPS) is 15.4. The molecule has 142 valence electrons. The summed E-state index contributed by atoms with van der Waals surface area (Å²) in [6, 6.07) is 0. The molecule has 0 aliphatic heterocycles. The minimum Gasteiger partial charge on any atom is -0.355 e. The average molecular weight is 463 g/mol. The number of hydrogen-bond acceptors (Lipinski definition) is 4. The molecule has 3 N–H and O–H groups in total. The van der Waals surface area contributed by atoms with Gasteiger partial charge in [0, 0.05) is 33.6 Å². The summed E-state index contributed by atoms with van der Waals surface area (Å²) in [7, 11) is 3.57. The Morgan fingerprint density at radius 2 is 1.96 bits per heavy atom. The third-order valence-electron chi connectivity index (χ3n) is 4.38. The summed E-state index contributed by atoms with van der Waals surface area (Å²) in [4.78, 5) is 20.2. The van der Waals surface area contributed by atoms with E-state index >= 15 is 0 Å². The topological polar surface area (TPSA) is 96.2 Å². The minimum absolute atomic E-state index is 0. The standard InChI is InChI=1S/C16H29N7O.HI/c1-17-16(20-11-14-21-12-22-23(14)2)19-9-8-18-15(24)10-13-6-4-3-5-7-13;/h12-13H,3-11H2,1-2H3,(H,18,24)(H2,17,19,20);1H. The number of guanidine groups is 1. The number of halogens is 1. The number of amides is 1. The Balaban J connectivity index is 0.00000312. The monoisotopic (exact) mass is 463 g/mol. The van der Waals surface area contributed by atoms with E-state index in [0.717, 1.165) is 5.82 Å². The van der Waals surface area contributed by atoms with Crippen LogP contribution in [-0.2, 0) is 18.4 Å². The zero-order valence-corrected chi connectivity index (χ0v) is 17.5. The van der Waals surface area contributed by atoms with Gasteiger partial charge in [0.05, 0.1) is 6.54 Å². The summed E-state index contributed by atoms with van der Waals surface area (Å²) >= 11 is 0. The number of aryl methyl sites for hydroxylation is 1. The number of rotatable bonds is 7.